The van der Waals surface area contributed by atoms with Crippen LogP contribution in [0.5, 0.6) is 0 Å². The highest BCUT2D eigenvalue weighted by atomic mass is 16.4. The van der Waals surface area contributed by atoms with E-state index < -0.39 is 17.2 Å². The number of hydrogen-bond acceptors (Lipinski definition) is 4. The van der Waals surface area contributed by atoms with Crippen molar-refractivity contribution in [2.24, 2.45) is 14.1 Å². The van der Waals surface area contributed by atoms with E-state index in [1.54, 1.807) is 10.8 Å². The molecule has 1 aromatic carbocycles. The average Bonchev–Trinajstić information content (AvgIpc) is 2.95. The number of aliphatic carboxylic acids is 1. The van der Waals surface area contributed by atoms with Crippen molar-refractivity contribution in [1.82, 2.24) is 13.7 Å². The molecule has 2 heterocycles. The Morgan fingerprint density at radius 2 is 1.84 bits per heavy atom. The van der Waals surface area contributed by atoms with Gasteiger partial charge in [-0.25, -0.2) is 4.79 Å². The third kappa shape index (κ3) is 2.61. The summed E-state index contributed by atoms with van der Waals surface area (Å²) in [6, 6.07) is 7.36. The molecular weight excluding hydrogens is 324 g/mol. The van der Waals surface area contributed by atoms with Crippen LogP contribution in [-0.2, 0) is 25.3 Å². The third-order valence-corrected chi connectivity index (χ3v) is 4.33. The smallest absolute Gasteiger partial charge is 0.332 e. The molecule has 0 spiro atoms. The number of nitrogen functional groups attached to an aromatic ring is 1. The van der Waals surface area contributed by atoms with E-state index in [1.165, 1.54) is 18.7 Å². The zero-order chi connectivity index (χ0) is 18.3. The zero-order valence-electron chi connectivity index (χ0n) is 13.9. The van der Waals surface area contributed by atoms with Crippen molar-refractivity contribution >= 4 is 22.7 Å². The first-order valence-electron chi connectivity index (χ1n) is 7.69. The molecule has 0 saturated carbocycles. The van der Waals surface area contributed by atoms with E-state index in [1.807, 2.05) is 24.3 Å². The first-order valence-corrected chi connectivity index (χ1v) is 7.69. The number of anilines is 1. The molecule has 8 nitrogen and oxygen atoms in total. The number of carboxylic acid groups (broad SMARTS) is 1. The molecule has 3 N–H and O–H groups in total. The Balaban J connectivity index is 2.33. The largest absolute Gasteiger partial charge is 0.481 e. The van der Waals surface area contributed by atoms with Gasteiger partial charge in [0, 0.05) is 32.1 Å². The molecule has 0 fully saturated rings. The van der Waals surface area contributed by atoms with Gasteiger partial charge < -0.3 is 15.4 Å². The Morgan fingerprint density at radius 3 is 2.52 bits per heavy atom. The van der Waals surface area contributed by atoms with Gasteiger partial charge in [-0.15, -0.1) is 0 Å². The minimum absolute atomic E-state index is 0.0191. The van der Waals surface area contributed by atoms with Gasteiger partial charge in [0.05, 0.1) is 5.52 Å². The van der Waals surface area contributed by atoms with E-state index in [9.17, 15) is 14.4 Å². The monoisotopic (exact) mass is 342 g/mol. The van der Waals surface area contributed by atoms with Crippen LogP contribution < -0.4 is 17.0 Å². The summed E-state index contributed by atoms with van der Waals surface area (Å²) in [6.45, 7) is 0. The first kappa shape index (κ1) is 16.6. The maximum absolute atomic E-state index is 12.6. The van der Waals surface area contributed by atoms with Crippen LogP contribution >= 0.6 is 0 Å². The quantitative estimate of drug-likeness (QED) is 0.722. The molecule has 0 aliphatic rings. The van der Waals surface area contributed by atoms with Crippen LogP contribution in [-0.4, -0.2) is 24.8 Å². The molecule has 8 heteroatoms. The van der Waals surface area contributed by atoms with Crippen LogP contribution in [0.2, 0.25) is 0 Å². The van der Waals surface area contributed by atoms with Gasteiger partial charge in [0.25, 0.3) is 5.56 Å². The van der Waals surface area contributed by atoms with Crippen molar-refractivity contribution in [3.8, 4) is 5.69 Å². The molecule has 0 atom stereocenters. The summed E-state index contributed by atoms with van der Waals surface area (Å²) in [5.41, 5.74) is 6.72. The number of nitrogens with two attached hydrogens (primary N) is 1. The maximum Gasteiger partial charge on any atom is 0.332 e. The standard InChI is InChI=1S/C17H18N4O4/c1-19-15(18)14(16(24)20(2)17(19)25)21-9-10(7-8-13(22)23)11-5-3-4-6-12(11)21/h3-6,9H,7-8,18H2,1-2H3,(H,22,23). The van der Waals surface area contributed by atoms with Gasteiger partial charge >= 0.3 is 11.7 Å². The highest BCUT2D eigenvalue weighted by Crippen LogP contribution is 2.26. The van der Waals surface area contributed by atoms with Crippen LogP contribution in [0.3, 0.4) is 0 Å². The normalized spacial score (nSPS) is 11.1. The number of aryl methyl sites for hydroxylation is 1. The molecule has 0 bridgehead atoms. The second kappa shape index (κ2) is 5.97. The molecule has 0 amide bonds. The van der Waals surface area contributed by atoms with E-state index in [4.69, 9.17) is 10.8 Å². The van der Waals surface area contributed by atoms with Gasteiger partial charge in [0.15, 0.2) is 5.69 Å². The maximum atomic E-state index is 12.6. The minimum Gasteiger partial charge on any atom is -0.481 e. The van der Waals surface area contributed by atoms with Crippen molar-refractivity contribution < 1.29 is 9.90 Å². The highest BCUT2D eigenvalue weighted by Gasteiger charge is 2.18. The minimum atomic E-state index is -0.894. The summed E-state index contributed by atoms with van der Waals surface area (Å²) in [4.78, 5) is 35.6. The molecule has 2 aromatic heterocycles. The lowest BCUT2D eigenvalue weighted by Crippen LogP contribution is -2.40. The fourth-order valence-electron chi connectivity index (χ4n) is 2.94. The van der Waals surface area contributed by atoms with Crippen molar-refractivity contribution in [3.05, 3.63) is 56.9 Å². The van der Waals surface area contributed by atoms with Gasteiger partial charge in [0.1, 0.15) is 5.82 Å². The summed E-state index contributed by atoms with van der Waals surface area (Å²) in [5, 5.41) is 9.79. The van der Waals surface area contributed by atoms with E-state index >= 15 is 0 Å². The SMILES string of the molecule is Cn1c(N)c(-n2cc(CCC(=O)O)c3ccccc32)c(=O)n(C)c1=O. The summed E-state index contributed by atoms with van der Waals surface area (Å²) >= 11 is 0. The van der Waals surface area contributed by atoms with Crippen molar-refractivity contribution in [1.29, 1.82) is 0 Å². The molecule has 130 valence electrons. The molecule has 25 heavy (non-hydrogen) atoms. The van der Waals surface area contributed by atoms with Gasteiger partial charge in [-0.2, -0.15) is 0 Å². The Labute approximate surface area is 142 Å². The van der Waals surface area contributed by atoms with Crippen LogP contribution in [0, 0.1) is 0 Å². The van der Waals surface area contributed by atoms with Crippen LogP contribution in [0.15, 0.2) is 40.1 Å². The average molecular weight is 342 g/mol. The fourth-order valence-corrected chi connectivity index (χ4v) is 2.94. The van der Waals surface area contributed by atoms with Gasteiger partial charge in [-0.1, -0.05) is 18.2 Å². The molecule has 0 saturated heterocycles. The molecule has 3 rings (SSSR count). The Hall–Kier alpha value is -3.29. The molecule has 3 aromatic rings. The predicted octanol–water partition coefficient (Wildman–Crippen LogP) is 0.627. The van der Waals surface area contributed by atoms with Gasteiger partial charge in [0.2, 0.25) is 0 Å². The van der Waals surface area contributed by atoms with E-state index in [0.29, 0.717) is 6.42 Å². The number of nitrogens with zero attached hydrogens (tertiary/aromatic N) is 3. The zero-order valence-corrected chi connectivity index (χ0v) is 13.9. The summed E-state index contributed by atoms with van der Waals surface area (Å²) in [6.07, 6.45) is 2.02. The van der Waals surface area contributed by atoms with Crippen molar-refractivity contribution in [3.63, 3.8) is 0 Å². The number of rotatable bonds is 4. The van der Waals surface area contributed by atoms with Gasteiger partial charge in [-0.3, -0.25) is 18.7 Å². The van der Waals surface area contributed by atoms with E-state index in [2.05, 4.69) is 0 Å². The van der Waals surface area contributed by atoms with Crippen molar-refractivity contribution in [2.75, 3.05) is 5.73 Å². The molecule has 0 radical (unpaired) electrons. The van der Waals surface area contributed by atoms with Crippen LogP contribution in [0.1, 0.15) is 12.0 Å². The molecular formula is C17H18N4O4. The Bertz CT molecular complexity index is 1100. The number of para-hydroxylation sites is 1. The predicted molar refractivity (Wildman–Crippen MR) is 94.1 cm³/mol. The lowest BCUT2D eigenvalue weighted by Gasteiger charge is -2.13. The van der Waals surface area contributed by atoms with E-state index in [-0.39, 0.29) is 17.9 Å². The summed E-state index contributed by atoms with van der Waals surface area (Å²) in [5.74, 6) is -0.840. The highest BCUT2D eigenvalue weighted by molar-refractivity contribution is 5.86. The third-order valence-electron chi connectivity index (χ3n) is 4.33. The van der Waals surface area contributed by atoms with Gasteiger partial charge in [-0.05, 0) is 18.1 Å². The number of aromatic nitrogens is 3. The Morgan fingerprint density at radius 1 is 1.16 bits per heavy atom. The molecule has 0 aliphatic heterocycles. The number of fused-ring (bicyclic) bond motifs is 1. The van der Waals surface area contributed by atoms with Crippen LogP contribution in [0.25, 0.3) is 16.6 Å². The lowest BCUT2D eigenvalue weighted by molar-refractivity contribution is -0.136. The molecule has 0 unspecified atom stereocenters. The second-order valence-electron chi connectivity index (χ2n) is 5.87. The number of benzene rings is 1. The summed E-state index contributed by atoms with van der Waals surface area (Å²) in [7, 11) is 2.89. The number of carboxylic acids is 1. The number of carbonyl (C=O) groups is 1. The van der Waals surface area contributed by atoms with Crippen LogP contribution in [0.4, 0.5) is 5.82 Å². The first-order chi connectivity index (χ1) is 11.8. The second-order valence-corrected chi connectivity index (χ2v) is 5.87. The fraction of sp³-hybridized carbons (Fsp3) is 0.235. The van der Waals surface area contributed by atoms with E-state index in [0.717, 1.165) is 21.0 Å². The summed E-state index contributed by atoms with van der Waals surface area (Å²) < 4.78 is 3.84. The Kier molecular flexibility index (Phi) is 3.96. The van der Waals surface area contributed by atoms with Crippen molar-refractivity contribution in [2.45, 2.75) is 12.8 Å². The number of hydrogen-bond donors (Lipinski definition) is 2. The topological polar surface area (TPSA) is 112 Å². The molecule has 0 aliphatic carbocycles. The lowest BCUT2D eigenvalue weighted by atomic mass is 10.1.